The standard InChI is InChI=1S/C11H24N2O3S/c1-10-11(5-7-16-10)9-13-17(14,15)8-4-3-6-12-2/h10-13H,3-9H2,1-2H3. The van der Waals surface area contributed by atoms with Gasteiger partial charge in [-0.05, 0) is 39.8 Å². The molecule has 6 heteroatoms. The molecular weight excluding hydrogens is 240 g/mol. The number of rotatable bonds is 8. The Balaban J connectivity index is 2.19. The van der Waals surface area contributed by atoms with Crippen molar-refractivity contribution in [1.82, 2.24) is 10.0 Å². The first-order chi connectivity index (χ1) is 8.05. The van der Waals surface area contributed by atoms with Crippen molar-refractivity contribution >= 4 is 10.0 Å². The number of hydrogen-bond donors (Lipinski definition) is 2. The summed E-state index contributed by atoms with van der Waals surface area (Å²) in [6.45, 7) is 4.12. The van der Waals surface area contributed by atoms with Crippen LogP contribution in [-0.2, 0) is 14.8 Å². The average Bonchev–Trinajstić information content (AvgIpc) is 2.68. The van der Waals surface area contributed by atoms with Crippen LogP contribution in [0.3, 0.4) is 0 Å². The van der Waals surface area contributed by atoms with Gasteiger partial charge in [0, 0.05) is 19.1 Å². The lowest BCUT2D eigenvalue weighted by molar-refractivity contribution is 0.107. The van der Waals surface area contributed by atoms with E-state index in [2.05, 4.69) is 10.0 Å². The largest absolute Gasteiger partial charge is 0.378 e. The molecule has 2 atom stereocenters. The number of hydrogen-bond acceptors (Lipinski definition) is 4. The molecule has 0 amide bonds. The molecule has 1 saturated heterocycles. The molecule has 17 heavy (non-hydrogen) atoms. The van der Waals surface area contributed by atoms with Gasteiger partial charge < -0.3 is 10.1 Å². The van der Waals surface area contributed by atoms with E-state index in [1.807, 2.05) is 14.0 Å². The van der Waals surface area contributed by atoms with Gasteiger partial charge in [-0.1, -0.05) is 0 Å². The Labute approximate surface area is 104 Å². The van der Waals surface area contributed by atoms with Gasteiger partial charge in [0.05, 0.1) is 11.9 Å². The van der Waals surface area contributed by atoms with Crippen LogP contribution in [-0.4, -0.2) is 47.0 Å². The van der Waals surface area contributed by atoms with Crippen molar-refractivity contribution < 1.29 is 13.2 Å². The van der Waals surface area contributed by atoms with Crippen LogP contribution in [0.2, 0.25) is 0 Å². The molecule has 5 nitrogen and oxygen atoms in total. The third-order valence-corrected chi connectivity index (χ3v) is 4.62. The van der Waals surface area contributed by atoms with Gasteiger partial charge in [0.1, 0.15) is 0 Å². The van der Waals surface area contributed by atoms with E-state index in [9.17, 15) is 8.42 Å². The lowest BCUT2D eigenvalue weighted by atomic mass is 10.0. The van der Waals surface area contributed by atoms with Gasteiger partial charge in [-0.3, -0.25) is 0 Å². The zero-order valence-electron chi connectivity index (χ0n) is 10.7. The monoisotopic (exact) mass is 264 g/mol. The van der Waals surface area contributed by atoms with Crippen LogP contribution in [0.1, 0.15) is 26.2 Å². The van der Waals surface area contributed by atoms with Gasteiger partial charge in [-0.25, -0.2) is 13.1 Å². The molecule has 1 heterocycles. The third kappa shape index (κ3) is 5.81. The molecule has 0 aliphatic carbocycles. The van der Waals surface area contributed by atoms with Crippen LogP contribution >= 0.6 is 0 Å². The lowest BCUT2D eigenvalue weighted by Gasteiger charge is -2.14. The van der Waals surface area contributed by atoms with Gasteiger partial charge in [-0.15, -0.1) is 0 Å². The second-order valence-electron chi connectivity index (χ2n) is 4.60. The van der Waals surface area contributed by atoms with Crippen LogP contribution in [0.4, 0.5) is 0 Å². The molecule has 2 N–H and O–H groups in total. The molecule has 0 bridgehead atoms. The summed E-state index contributed by atoms with van der Waals surface area (Å²) >= 11 is 0. The van der Waals surface area contributed by atoms with Gasteiger partial charge in [-0.2, -0.15) is 0 Å². The first-order valence-corrected chi connectivity index (χ1v) is 7.94. The summed E-state index contributed by atoms with van der Waals surface area (Å²) in [6, 6.07) is 0. The van der Waals surface area contributed by atoms with Crippen molar-refractivity contribution in [2.45, 2.75) is 32.3 Å². The van der Waals surface area contributed by atoms with Crippen molar-refractivity contribution in [3.05, 3.63) is 0 Å². The van der Waals surface area contributed by atoms with Crippen LogP contribution in [0.5, 0.6) is 0 Å². The Hall–Kier alpha value is -0.170. The minimum atomic E-state index is -3.11. The van der Waals surface area contributed by atoms with E-state index in [1.165, 1.54) is 0 Å². The van der Waals surface area contributed by atoms with Crippen molar-refractivity contribution in [1.29, 1.82) is 0 Å². The highest BCUT2D eigenvalue weighted by molar-refractivity contribution is 7.89. The van der Waals surface area contributed by atoms with E-state index >= 15 is 0 Å². The predicted octanol–water partition coefficient (Wildman–Crippen LogP) is 0.330. The highest BCUT2D eigenvalue weighted by atomic mass is 32.2. The average molecular weight is 264 g/mol. The molecule has 0 radical (unpaired) electrons. The van der Waals surface area contributed by atoms with Gasteiger partial charge in [0.25, 0.3) is 0 Å². The summed E-state index contributed by atoms with van der Waals surface area (Å²) in [5.74, 6) is 0.540. The molecule has 1 aliphatic rings. The minimum Gasteiger partial charge on any atom is -0.378 e. The molecule has 2 unspecified atom stereocenters. The van der Waals surface area contributed by atoms with Crippen molar-refractivity contribution in [2.24, 2.45) is 5.92 Å². The molecule has 0 aromatic heterocycles. The number of unbranched alkanes of at least 4 members (excludes halogenated alkanes) is 1. The van der Waals surface area contributed by atoms with E-state index in [0.717, 1.165) is 26.0 Å². The van der Waals surface area contributed by atoms with Crippen molar-refractivity contribution in [3.63, 3.8) is 0 Å². The maximum Gasteiger partial charge on any atom is 0.211 e. The van der Waals surface area contributed by atoms with Gasteiger partial charge >= 0.3 is 0 Å². The number of nitrogens with one attached hydrogen (secondary N) is 2. The Morgan fingerprint density at radius 1 is 1.35 bits per heavy atom. The fourth-order valence-electron chi connectivity index (χ4n) is 1.94. The molecule has 1 rings (SSSR count). The van der Waals surface area contributed by atoms with E-state index in [-0.39, 0.29) is 11.9 Å². The zero-order chi connectivity index (χ0) is 12.7. The molecule has 0 saturated carbocycles. The molecule has 1 fully saturated rings. The SMILES string of the molecule is CNCCCCS(=O)(=O)NCC1CCOC1C. The molecule has 0 spiro atoms. The maximum atomic E-state index is 11.7. The van der Waals surface area contributed by atoms with E-state index in [0.29, 0.717) is 18.9 Å². The van der Waals surface area contributed by atoms with E-state index in [4.69, 9.17) is 4.74 Å². The summed E-state index contributed by atoms with van der Waals surface area (Å²) in [6.07, 6.45) is 2.71. The summed E-state index contributed by atoms with van der Waals surface area (Å²) in [4.78, 5) is 0. The van der Waals surface area contributed by atoms with E-state index in [1.54, 1.807) is 0 Å². The summed E-state index contributed by atoms with van der Waals surface area (Å²) in [5, 5.41) is 3.00. The molecular formula is C11H24N2O3S. The topological polar surface area (TPSA) is 67.4 Å². The normalized spacial score (nSPS) is 25.3. The fourth-order valence-corrected chi connectivity index (χ4v) is 3.14. The quantitative estimate of drug-likeness (QED) is 0.620. The van der Waals surface area contributed by atoms with Gasteiger partial charge in [0.15, 0.2) is 0 Å². The summed E-state index contributed by atoms with van der Waals surface area (Å²) in [7, 11) is -1.24. The first kappa shape index (κ1) is 14.9. The van der Waals surface area contributed by atoms with E-state index < -0.39 is 10.0 Å². The highest BCUT2D eigenvalue weighted by Crippen LogP contribution is 2.19. The maximum absolute atomic E-state index is 11.7. The van der Waals surface area contributed by atoms with Gasteiger partial charge in [0.2, 0.25) is 10.0 Å². The van der Waals surface area contributed by atoms with Crippen LogP contribution in [0.25, 0.3) is 0 Å². The Bertz CT molecular complexity index is 306. The Kier molecular flexibility index (Phi) is 6.40. The lowest BCUT2D eigenvalue weighted by Crippen LogP contribution is -2.33. The number of sulfonamides is 1. The minimum absolute atomic E-state index is 0.169. The molecule has 102 valence electrons. The van der Waals surface area contributed by atoms with Crippen molar-refractivity contribution in [2.75, 3.05) is 32.5 Å². The Morgan fingerprint density at radius 3 is 2.71 bits per heavy atom. The second-order valence-corrected chi connectivity index (χ2v) is 6.53. The third-order valence-electron chi connectivity index (χ3n) is 3.19. The fraction of sp³-hybridized carbons (Fsp3) is 1.00. The van der Waals surface area contributed by atoms with Crippen LogP contribution < -0.4 is 10.0 Å². The number of ether oxygens (including phenoxy) is 1. The predicted molar refractivity (Wildman–Crippen MR) is 68.5 cm³/mol. The molecule has 0 aromatic rings. The van der Waals surface area contributed by atoms with Crippen LogP contribution in [0, 0.1) is 5.92 Å². The van der Waals surface area contributed by atoms with Crippen LogP contribution in [0.15, 0.2) is 0 Å². The molecule has 1 aliphatic heterocycles. The highest BCUT2D eigenvalue weighted by Gasteiger charge is 2.25. The second kappa shape index (κ2) is 7.31. The summed E-state index contributed by atoms with van der Waals surface area (Å²) < 4.78 is 31.5. The smallest absolute Gasteiger partial charge is 0.211 e. The molecule has 0 aromatic carbocycles. The first-order valence-electron chi connectivity index (χ1n) is 6.28. The van der Waals surface area contributed by atoms with Crippen molar-refractivity contribution in [3.8, 4) is 0 Å². The zero-order valence-corrected chi connectivity index (χ0v) is 11.6. The Morgan fingerprint density at radius 2 is 2.12 bits per heavy atom. The summed E-state index contributed by atoms with van der Waals surface area (Å²) in [5.41, 5.74) is 0.